The zero-order valence-corrected chi connectivity index (χ0v) is 12.6. The second-order valence-corrected chi connectivity index (χ2v) is 6.40. The molecule has 0 spiro atoms. The Hall–Kier alpha value is -0.940. The first-order valence-electron chi connectivity index (χ1n) is 5.89. The summed E-state index contributed by atoms with van der Waals surface area (Å²) in [5.41, 5.74) is 0.667. The molecule has 19 heavy (non-hydrogen) atoms. The maximum Gasteiger partial charge on any atom is 0.222 e. The lowest BCUT2D eigenvalue weighted by Gasteiger charge is -2.09. The van der Waals surface area contributed by atoms with Crippen LogP contribution in [-0.2, 0) is 21.3 Å². The number of nitrogens with zero attached hydrogens (tertiary/aromatic N) is 1. The molecule has 1 atom stereocenters. The molecule has 0 fully saturated rings. The van der Waals surface area contributed by atoms with Crippen LogP contribution >= 0.6 is 11.6 Å². The highest BCUT2D eigenvalue weighted by molar-refractivity contribution is 7.84. The topological polar surface area (TPSA) is 37.4 Å². The van der Waals surface area contributed by atoms with Crippen LogP contribution in [-0.4, -0.2) is 34.9 Å². The number of carbonyl (C=O) groups excluding carboxylic acids is 1. The number of hydrogen-bond acceptors (Lipinski definition) is 2. The lowest BCUT2D eigenvalue weighted by atomic mass is 10.2. The average Bonchev–Trinajstić information content (AvgIpc) is 2.32. The Morgan fingerprint density at radius 3 is 2.68 bits per heavy atom. The van der Waals surface area contributed by atoms with Gasteiger partial charge in [-0.25, -0.2) is 4.39 Å². The van der Waals surface area contributed by atoms with Crippen LogP contribution in [0.3, 0.4) is 0 Å². The SMILES string of the molecule is CN(C)C(=O)CCC[S@@](=O)Cc1ccc(F)cc1Cl. The molecule has 0 aromatic heterocycles. The molecule has 0 bridgehead atoms. The molecule has 0 N–H and O–H groups in total. The Morgan fingerprint density at radius 1 is 1.42 bits per heavy atom. The summed E-state index contributed by atoms with van der Waals surface area (Å²) < 4.78 is 24.7. The van der Waals surface area contributed by atoms with Gasteiger partial charge in [-0.3, -0.25) is 9.00 Å². The second kappa shape index (κ2) is 7.60. The van der Waals surface area contributed by atoms with Gasteiger partial charge in [0.15, 0.2) is 0 Å². The third-order valence-electron chi connectivity index (χ3n) is 2.59. The van der Waals surface area contributed by atoms with E-state index in [1.807, 2.05) is 0 Å². The molecule has 1 aromatic carbocycles. The van der Waals surface area contributed by atoms with Gasteiger partial charge in [0.1, 0.15) is 5.82 Å². The molecule has 0 aliphatic rings. The predicted octanol–water partition coefficient (Wildman–Crippen LogP) is 2.60. The largest absolute Gasteiger partial charge is 0.349 e. The number of carbonyl (C=O) groups is 1. The molecule has 0 heterocycles. The van der Waals surface area contributed by atoms with Crippen LogP contribution in [0, 0.1) is 5.82 Å². The van der Waals surface area contributed by atoms with Gasteiger partial charge in [0.2, 0.25) is 5.91 Å². The molecule has 1 rings (SSSR count). The van der Waals surface area contributed by atoms with Crippen molar-refractivity contribution in [2.24, 2.45) is 0 Å². The first-order valence-corrected chi connectivity index (χ1v) is 7.76. The molecule has 0 aliphatic carbocycles. The Labute approximate surface area is 120 Å². The first kappa shape index (κ1) is 16.1. The van der Waals surface area contributed by atoms with Gasteiger partial charge in [0.05, 0.1) is 0 Å². The van der Waals surface area contributed by atoms with E-state index in [9.17, 15) is 13.4 Å². The summed E-state index contributed by atoms with van der Waals surface area (Å²) in [5, 5.41) is 0.290. The summed E-state index contributed by atoms with van der Waals surface area (Å²) in [5.74, 6) is 0.343. The van der Waals surface area contributed by atoms with Crippen LogP contribution in [0.1, 0.15) is 18.4 Å². The number of hydrogen-bond donors (Lipinski definition) is 0. The molecule has 0 unspecified atom stereocenters. The highest BCUT2D eigenvalue weighted by Crippen LogP contribution is 2.19. The lowest BCUT2D eigenvalue weighted by Crippen LogP contribution is -2.21. The minimum Gasteiger partial charge on any atom is -0.349 e. The Balaban J connectivity index is 2.41. The van der Waals surface area contributed by atoms with E-state index >= 15 is 0 Å². The number of amides is 1. The van der Waals surface area contributed by atoms with E-state index in [1.165, 1.54) is 17.0 Å². The second-order valence-electron chi connectivity index (χ2n) is 4.42. The van der Waals surface area contributed by atoms with Gasteiger partial charge in [-0.15, -0.1) is 0 Å². The van der Waals surface area contributed by atoms with E-state index < -0.39 is 16.6 Å². The van der Waals surface area contributed by atoms with E-state index in [4.69, 9.17) is 11.6 Å². The van der Waals surface area contributed by atoms with Crippen molar-refractivity contribution in [3.05, 3.63) is 34.6 Å². The first-order chi connectivity index (χ1) is 8.90. The van der Waals surface area contributed by atoms with Gasteiger partial charge in [-0.1, -0.05) is 17.7 Å². The summed E-state index contributed by atoms with van der Waals surface area (Å²) >= 11 is 5.86. The van der Waals surface area contributed by atoms with E-state index in [1.54, 1.807) is 20.2 Å². The third kappa shape index (κ3) is 5.70. The maximum atomic E-state index is 12.8. The molecule has 106 valence electrons. The number of halogens is 2. The minimum atomic E-state index is -1.10. The summed E-state index contributed by atoms with van der Waals surface area (Å²) in [6.45, 7) is 0. The minimum absolute atomic E-state index is 0.0248. The molecule has 0 saturated carbocycles. The molecule has 6 heteroatoms. The lowest BCUT2D eigenvalue weighted by molar-refractivity contribution is -0.128. The standard InChI is InChI=1S/C13H17ClFNO2S/c1-16(2)13(17)4-3-7-19(18)9-10-5-6-11(15)8-12(10)14/h5-6,8H,3-4,7,9H2,1-2H3/t19-/m1/s1. The summed E-state index contributed by atoms with van der Waals surface area (Å²) in [6.07, 6.45) is 0.957. The highest BCUT2D eigenvalue weighted by Gasteiger charge is 2.09. The molecule has 3 nitrogen and oxygen atoms in total. The fourth-order valence-electron chi connectivity index (χ4n) is 1.49. The monoisotopic (exact) mass is 305 g/mol. The molecule has 0 saturated heterocycles. The fraction of sp³-hybridized carbons (Fsp3) is 0.462. The molecule has 0 radical (unpaired) electrons. The third-order valence-corrected chi connectivity index (χ3v) is 4.32. The van der Waals surface area contributed by atoms with Gasteiger partial charge >= 0.3 is 0 Å². The predicted molar refractivity (Wildman–Crippen MR) is 76.1 cm³/mol. The molecule has 1 amide bonds. The summed E-state index contributed by atoms with van der Waals surface area (Å²) in [6, 6.07) is 4.05. The van der Waals surface area contributed by atoms with Crippen LogP contribution < -0.4 is 0 Å². The van der Waals surface area contributed by atoms with Gasteiger partial charge < -0.3 is 4.90 Å². The number of rotatable bonds is 6. The van der Waals surface area contributed by atoms with Crippen molar-refractivity contribution in [3.8, 4) is 0 Å². The summed E-state index contributed by atoms with van der Waals surface area (Å²) in [7, 11) is 2.29. The molecular formula is C13H17ClFNO2S. The maximum absolute atomic E-state index is 12.8. The fourth-order valence-corrected chi connectivity index (χ4v) is 3.01. The summed E-state index contributed by atoms with van der Waals surface area (Å²) in [4.78, 5) is 12.9. The van der Waals surface area contributed by atoms with E-state index in [0.29, 0.717) is 24.2 Å². The van der Waals surface area contributed by atoms with Crippen molar-refractivity contribution in [2.75, 3.05) is 19.8 Å². The molecule has 1 aromatic rings. The van der Waals surface area contributed by atoms with Crippen LogP contribution in [0.4, 0.5) is 4.39 Å². The van der Waals surface area contributed by atoms with Gasteiger partial charge in [0.25, 0.3) is 0 Å². The smallest absolute Gasteiger partial charge is 0.222 e. The Kier molecular flexibility index (Phi) is 6.45. The van der Waals surface area contributed by atoms with Crippen molar-refractivity contribution < 1.29 is 13.4 Å². The highest BCUT2D eigenvalue weighted by atomic mass is 35.5. The molecule has 0 aliphatic heterocycles. The van der Waals surface area contributed by atoms with Crippen molar-refractivity contribution in [1.82, 2.24) is 4.90 Å². The normalized spacial score (nSPS) is 12.2. The molecular weight excluding hydrogens is 289 g/mol. The van der Waals surface area contributed by atoms with Crippen LogP contribution in [0.2, 0.25) is 5.02 Å². The van der Waals surface area contributed by atoms with Crippen molar-refractivity contribution >= 4 is 28.3 Å². The van der Waals surface area contributed by atoms with Gasteiger partial charge in [-0.2, -0.15) is 0 Å². The van der Waals surface area contributed by atoms with Crippen molar-refractivity contribution in [2.45, 2.75) is 18.6 Å². The number of benzene rings is 1. The van der Waals surface area contributed by atoms with E-state index in [-0.39, 0.29) is 16.7 Å². The zero-order chi connectivity index (χ0) is 14.4. The van der Waals surface area contributed by atoms with Gasteiger partial charge in [-0.05, 0) is 24.1 Å². The van der Waals surface area contributed by atoms with E-state index in [0.717, 1.165) is 0 Å². The quantitative estimate of drug-likeness (QED) is 0.810. The van der Waals surface area contributed by atoms with Crippen LogP contribution in [0.25, 0.3) is 0 Å². The Bertz CT molecular complexity index is 480. The van der Waals surface area contributed by atoms with Crippen molar-refractivity contribution in [1.29, 1.82) is 0 Å². The Morgan fingerprint density at radius 2 is 2.11 bits per heavy atom. The average molecular weight is 306 g/mol. The van der Waals surface area contributed by atoms with Crippen LogP contribution in [0.15, 0.2) is 18.2 Å². The van der Waals surface area contributed by atoms with Crippen molar-refractivity contribution in [3.63, 3.8) is 0 Å². The van der Waals surface area contributed by atoms with Crippen LogP contribution in [0.5, 0.6) is 0 Å². The zero-order valence-electron chi connectivity index (χ0n) is 11.0. The van der Waals surface area contributed by atoms with Gasteiger partial charge in [0, 0.05) is 47.8 Å². The van der Waals surface area contributed by atoms with E-state index in [2.05, 4.69) is 0 Å².